The van der Waals surface area contributed by atoms with Gasteiger partial charge in [-0.1, -0.05) is 6.07 Å². The minimum absolute atomic E-state index is 0.174. The van der Waals surface area contributed by atoms with E-state index < -0.39 is 11.5 Å². The number of carbonyl (C=O) groups is 2. The first-order chi connectivity index (χ1) is 8.86. The van der Waals surface area contributed by atoms with E-state index in [4.69, 9.17) is 9.47 Å². The van der Waals surface area contributed by atoms with Crippen LogP contribution in [0.5, 0.6) is 5.75 Å². The maximum Gasteiger partial charge on any atom is 0.315 e. The lowest BCUT2D eigenvalue weighted by molar-refractivity contribution is -0.146. The summed E-state index contributed by atoms with van der Waals surface area (Å²) in [5, 5.41) is 2.75. The molecule has 0 aliphatic carbocycles. The molecule has 0 saturated carbocycles. The molecule has 102 valence electrons. The van der Waals surface area contributed by atoms with Gasteiger partial charge in [-0.05, 0) is 38.5 Å². The third kappa shape index (κ3) is 2.28. The zero-order chi connectivity index (χ0) is 14.2. The summed E-state index contributed by atoms with van der Waals surface area (Å²) in [6, 6.07) is 5.29. The fraction of sp³-hybridized carbons (Fsp3) is 0.429. The number of hydrogen-bond donors (Lipinski definition) is 1. The highest BCUT2D eigenvalue weighted by Gasteiger charge is 2.33. The third-order valence-corrected chi connectivity index (χ3v) is 3.33. The van der Waals surface area contributed by atoms with Gasteiger partial charge >= 0.3 is 5.97 Å². The summed E-state index contributed by atoms with van der Waals surface area (Å²) in [5.41, 5.74) is 0.631. The van der Waals surface area contributed by atoms with E-state index in [1.165, 1.54) is 7.11 Å². The second-order valence-corrected chi connectivity index (χ2v) is 5.08. The molecule has 1 aromatic carbocycles. The van der Waals surface area contributed by atoms with Gasteiger partial charge in [0.15, 0.2) is 6.10 Å². The number of methoxy groups -OCH3 is 1. The number of rotatable bonds is 2. The number of benzene rings is 1. The van der Waals surface area contributed by atoms with Crippen LogP contribution < -0.4 is 10.1 Å². The molecule has 1 N–H and O–H groups in total. The summed E-state index contributed by atoms with van der Waals surface area (Å²) in [4.78, 5) is 23.3. The molecule has 2 rings (SSSR count). The molecule has 5 nitrogen and oxygen atoms in total. The van der Waals surface area contributed by atoms with Crippen LogP contribution >= 0.6 is 0 Å². The van der Waals surface area contributed by atoms with Gasteiger partial charge in [-0.25, -0.2) is 0 Å². The molecule has 1 aromatic rings. The normalized spacial score (nSPS) is 18.1. The van der Waals surface area contributed by atoms with Crippen molar-refractivity contribution in [2.45, 2.75) is 32.3 Å². The largest absolute Gasteiger partial charge is 0.479 e. The molecule has 1 unspecified atom stereocenters. The van der Waals surface area contributed by atoms with E-state index in [0.717, 1.165) is 5.56 Å². The average Bonchev–Trinajstić information content (AvgIpc) is 2.38. The molecule has 5 heteroatoms. The Balaban J connectivity index is 2.39. The second kappa shape index (κ2) is 4.57. The molecule has 0 radical (unpaired) electrons. The Kier molecular flexibility index (Phi) is 3.22. The van der Waals surface area contributed by atoms with Crippen molar-refractivity contribution in [3.8, 4) is 5.75 Å². The first kappa shape index (κ1) is 13.4. The molecule has 1 amide bonds. The minimum atomic E-state index is -0.766. The van der Waals surface area contributed by atoms with E-state index in [0.29, 0.717) is 11.4 Å². The van der Waals surface area contributed by atoms with Gasteiger partial charge in [-0.2, -0.15) is 0 Å². The molecule has 1 aliphatic heterocycles. The van der Waals surface area contributed by atoms with E-state index in [2.05, 4.69) is 5.32 Å². The van der Waals surface area contributed by atoms with Crippen molar-refractivity contribution in [2.75, 3.05) is 12.4 Å². The van der Waals surface area contributed by atoms with Gasteiger partial charge in [0.05, 0.1) is 18.2 Å². The summed E-state index contributed by atoms with van der Waals surface area (Å²) >= 11 is 0. The predicted octanol–water partition coefficient (Wildman–Crippen LogP) is 1.86. The van der Waals surface area contributed by atoms with Crippen LogP contribution in [-0.4, -0.2) is 25.1 Å². The zero-order valence-electron chi connectivity index (χ0n) is 11.4. The smallest absolute Gasteiger partial charge is 0.315 e. The molecule has 0 saturated heterocycles. The molecule has 0 aromatic heterocycles. The van der Waals surface area contributed by atoms with Crippen molar-refractivity contribution in [1.82, 2.24) is 0 Å². The number of nitrogens with one attached hydrogen (secondary N) is 1. The summed E-state index contributed by atoms with van der Waals surface area (Å²) < 4.78 is 10.3. The van der Waals surface area contributed by atoms with Crippen LogP contribution in [0.4, 0.5) is 5.69 Å². The lowest BCUT2D eigenvalue weighted by Crippen LogP contribution is -2.35. The molecule has 1 aliphatic rings. The van der Waals surface area contributed by atoms with E-state index in [1.54, 1.807) is 39.0 Å². The maximum absolute atomic E-state index is 11.8. The summed E-state index contributed by atoms with van der Waals surface area (Å²) in [6.45, 7) is 5.24. The topological polar surface area (TPSA) is 64.6 Å². The molecule has 1 heterocycles. The van der Waals surface area contributed by atoms with E-state index in [9.17, 15) is 9.59 Å². The SMILES string of the molecule is COC(=O)C(C)(C)c1ccc2c(c1)OC(C)C(=O)N2. The minimum Gasteiger partial charge on any atom is -0.479 e. The van der Waals surface area contributed by atoms with Crippen molar-refractivity contribution in [3.05, 3.63) is 23.8 Å². The average molecular weight is 263 g/mol. The van der Waals surface area contributed by atoms with Crippen molar-refractivity contribution < 1.29 is 19.1 Å². The van der Waals surface area contributed by atoms with Crippen LogP contribution in [0.15, 0.2) is 18.2 Å². The fourth-order valence-corrected chi connectivity index (χ4v) is 1.96. The number of ether oxygens (including phenoxy) is 2. The Morgan fingerprint density at radius 2 is 2.11 bits per heavy atom. The number of anilines is 1. The fourth-order valence-electron chi connectivity index (χ4n) is 1.96. The quantitative estimate of drug-likeness (QED) is 0.827. The van der Waals surface area contributed by atoms with Crippen molar-refractivity contribution in [3.63, 3.8) is 0 Å². The highest BCUT2D eigenvalue weighted by molar-refractivity contribution is 5.97. The Hall–Kier alpha value is -2.04. The van der Waals surface area contributed by atoms with Gasteiger partial charge in [0.1, 0.15) is 5.75 Å². The number of hydrogen-bond acceptors (Lipinski definition) is 4. The van der Waals surface area contributed by atoms with Gasteiger partial charge < -0.3 is 14.8 Å². The first-order valence-corrected chi connectivity index (χ1v) is 6.06. The lowest BCUT2D eigenvalue weighted by atomic mass is 9.84. The highest BCUT2D eigenvalue weighted by Crippen LogP contribution is 2.35. The van der Waals surface area contributed by atoms with E-state index >= 15 is 0 Å². The highest BCUT2D eigenvalue weighted by atomic mass is 16.5. The lowest BCUT2D eigenvalue weighted by Gasteiger charge is -2.27. The first-order valence-electron chi connectivity index (χ1n) is 6.06. The Labute approximate surface area is 111 Å². The Bertz CT molecular complexity index is 536. The van der Waals surface area contributed by atoms with Crippen molar-refractivity contribution in [2.24, 2.45) is 0 Å². The van der Waals surface area contributed by atoms with E-state index in [-0.39, 0.29) is 11.9 Å². The molecule has 1 atom stereocenters. The summed E-state index contributed by atoms with van der Waals surface area (Å²) in [7, 11) is 1.36. The van der Waals surface area contributed by atoms with Crippen molar-refractivity contribution >= 4 is 17.6 Å². The molecule has 0 bridgehead atoms. The maximum atomic E-state index is 11.8. The van der Waals surface area contributed by atoms with Crippen molar-refractivity contribution in [1.29, 1.82) is 0 Å². The van der Waals surface area contributed by atoms with Crippen LogP contribution in [0.25, 0.3) is 0 Å². The van der Waals surface area contributed by atoms with Crippen LogP contribution in [0, 0.1) is 0 Å². The molecule has 19 heavy (non-hydrogen) atoms. The van der Waals surface area contributed by atoms with Crippen LogP contribution in [0.1, 0.15) is 26.3 Å². The van der Waals surface area contributed by atoms with Crippen LogP contribution in [0.3, 0.4) is 0 Å². The molecule has 0 fully saturated rings. The Morgan fingerprint density at radius 3 is 2.74 bits per heavy atom. The molecule has 0 spiro atoms. The molecular weight excluding hydrogens is 246 g/mol. The standard InChI is InChI=1S/C14H17NO4/c1-8-12(16)15-10-6-5-9(7-11(10)19-8)14(2,3)13(17)18-4/h5-8H,1-4H3,(H,15,16). The monoisotopic (exact) mass is 263 g/mol. The van der Waals surface area contributed by atoms with Crippen LogP contribution in [0.2, 0.25) is 0 Å². The molecular formula is C14H17NO4. The number of esters is 1. The summed E-state index contributed by atoms with van der Waals surface area (Å²) in [5.74, 6) is 0.0781. The number of amides is 1. The Morgan fingerprint density at radius 1 is 1.42 bits per heavy atom. The van der Waals surface area contributed by atoms with E-state index in [1.807, 2.05) is 0 Å². The van der Waals surface area contributed by atoms with Gasteiger partial charge in [0.2, 0.25) is 0 Å². The van der Waals surface area contributed by atoms with Gasteiger partial charge in [0.25, 0.3) is 5.91 Å². The predicted molar refractivity (Wildman–Crippen MR) is 70.2 cm³/mol. The summed E-state index contributed by atoms with van der Waals surface area (Å²) in [6.07, 6.45) is -0.538. The van der Waals surface area contributed by atoms with Gasteiger partial charge in [-0.3, -0.25) is 9.59 Å². The number of fused-ring (bicyclic) bond motifs is 1. The van der Waals surface area contributed by atoms with Gasteiger partial charge in [-0.15, -0.1) is 0 Å². The third-order valence-electron chi connectivity index (χ3n) is 3.33. The van der Waals surface area contributed by atoms with Gasteiger partial charge in [0, 0.05) is 0 Å². The zero-order valence-corrected chi connectivity index (χ0v) is 11.4. The second-order valence-electron chi connectivity index (χ2n) is 5.08. The van der Waals surface area contributed by atoms with Crippen LogP contribution in [-0.2, 0) is 19.7 Å². The number of carbonyl (C=O) groups excluding carboxylic acids is 2.